The molecule has 0 radical (unpaired) electrons. The Hall–Kier alpha value is -2.04. The van der Waals surface area contributed by atoms with Gasteiger partial charge in [-0.1, -0.05) is 17.3 Å². The summed E-state index contributed by atoms with van der Waals surface area (Å²) in [4.78, 5) is 15.0. The normalized spacial score (nSPS) is 10.4. The number of aliphatic carboxylic acids is 1. The second-order valence-electron chi connectivity index (χ2n) is 3.22. The fourth-order valence-electron chi connectivity index (χ4n) is 1.14. The summed E-state index contributed by atoms with van der Waals surface area (Å²) in [7, 11) is 0. The van der Waals surface area contributed by atoms with Crippen molar-refractivity contribution in [1.82, 2.24) is 0 Å². The highest BCUT2D eigenvalue weighted by molar-refractivity contribution is 5.79. The van der Waals surface area contributed by atoms with Gasteiger partial charge in [0.1, 0.15) is 12.4 Å². The molecule has 0 unspecified atom stereocenters. The number of carboxylic acid groups (broad SMARTS) is 1. The van der Waals surface area contributed by atoms with Gasteiger partial charge in [-0.3, -0.25) is 4.79 Å². The van der Waals surface area contributed by atoms with Crippen molar-refractivity contribution in [2.24, 2.45) is 5.16 Å². The molecule has 0 heterocycles. The molecule has 92 valence electrons. The van der Waals surface area contributed by atoms with Crippen LogP contribution in [0.1, 0.15) is 18.9 Å². The van der Waals surface area contributed by atoms with Crippen LogP contribution in [0.3, 0.4) is 0 Å². The first kappa shape index (κ1) is 13.0. The van der Waals surface area contributed by atoms with E-state index in [0.29, 0.717) is 6.61 Å². The monoisotopic (exact) mass is 237 g/mol. The van der Waals surface area contributed by atoms with Crippen LogP contribution in [0, 0.1) is 0 Å². The van der Waals surface area contributed by atoms with Gasteiger partial charge in [0, 0.05) is 0 Å². The molecule has 0 saturated heterocycles. The maximum absolute atomic E-state index is 10.2. The van der Waals surface area contributed by atoms with Crippen LogP contribution < -0.4 is 4.74 Å². The third kappa shape index (κ3) is 5.55. The van der Waals surface area contributed by atoms with Gasteiger partial charge < -0.3 is 14.7 Å². The maximum Gasteiger partial charge on any atom is 0.306 e. The Morgan fingerprint density at radius 2 is 2.35 bits per heavy atom. The number of rotatable bonds is 7. The molecule has 0 fully saturated rings. The maximum atomic E-state index is 10.2. The Morgan fingerprint density at radius 3 is 3.06 bits per heavy atom. The van der Waals surface area contributed by atoms with Crippen LogP contribution in [0.2, 0.25) is 0 Å². The van der Waals surface area contributed by atoms with E-state index in [1.165, 1.54) is 6.21 Å². The minimum Gasteiger partial charge on any atom is -0.494 e. The van der Waals surface area contributed by atoms with Crippen molar-refractivity contribution in [2.75, 3.05) is 13.2 Å². The van der Waals surface area contributed by atoms with E-state index in [0.717, 1.165) is 11.3 Å². The van der Waals surface area contributed by atoms with Gasteiger partial charge in [-0.2, -0.15) is 0 Å². The first-order chi connectivity index (χ1) is 8.22. The smallest absolute Gasteiger partial charge is 0.306 e. The van der Waals surface area contributed by atoms with Gasteiger partial charge in [-0.15, -0.1) is 0 Å². The quantitative estimate of drug-likeness (QED) is 0.447. The topological polar surface area (TPSA) is 68.1 Å². The Bertz CT molecular complexity index is 390. The highest BCUT2D eigenvalue weighted by Gasteiger charge is 1.96. The van der Waals surface area contributed by atoms with E-state index in [4.69, 9.17) is 14.7 Å². The van der Waals surface area contributed by atoms with Crippen LogP contribution in [0.4, 0.5) is 0 Å². The minimum absolute atomic E-state index is 0.0592. The molecule has 5 heteroatoms. The zero-order valence-corrected chi connectivity index (χ0v) is 9.63. The van der Waals surface area contributed by atoms with Crippen molar-refractivity contribution in [3.63, 3.8) is 0 Å². The Balaban J connectivity index is 2.42. The molecule has 5 nitrogen and oxygen atoms in total. The summed E-state index contributed by atoms with van der Waals surface area (Å²) in [5.41, 5.74) is 0.839. The average Bonchev–Trinajstić information content (AvgIpc) is 2.29. The van der Waals surface area contributed by atoms with Crippen molar-refractivity contribution < 1.29 is 19.5 Å². The molecule has 0 bridgehead atoms. The van der Waals surface area contributed by atoms with E-state index in [2.05, 4.69) is 5.16 Å². The lowest BCUT2D eigenvalue weighted by atomic mass is 10.2. The van der Waals surface area contributed by atoms with Crippen LogP contribution in [0.25, 0.3) is 0 Å². The molecule has 0 aliphatic carbocycles. The summed E-state index contributed by atoms with van der Waals surface area (Å²) in [5, 5.41) is 12.0. The van der Waals surface area contributed by atoms with Gasteiger partial charge in [0.25, 0.3) is 0 Å². The summed E-state index contributed by atoms with van der Waals surface area (Å²) in [6.45, 7) is 2.59. The van der Waals surface area contributed by atoms with Crippen LogP contribution in [-0.4, -0.2) is 30.5 Å². The third-order valence-electron chi connectivity index (χ3n) is 1.85. The fourth-order valence-corrected chi connectivity index (χ4v) is 1.14. The number of carbonyl (C=O) groups is 1. The summed E-state index contributed by atoms with van der Waals surface area (Å²) >= 11 is 0. The van der Waals surface area contributed by atoms with Gasteiger partial charge >= 0.3 is 5.97 Å². The van der Waals surface area contributed by atoms with Gasteiger partial charge in [-0.05, 0) is 24.6 Å². The lowest BCUT2D eigenvalue weighted by Gasteiger charge is -2.02. The predicted octanol–water partition coefficient (Wildman–Crippen LogP) is 1.91. The number of benzene rings is 1. The van der Waals surface area contributed by atoms with Crippen LogP contribution in [0.5, 0.6) is 5.75 Å². The van der Waals surface area contributed by atoms with E-state index in [1.54, 1.807) is 0 Å². The van der Waals surface area contributed by atoms with Crippen molar-refractivity contribution >= 4 is 12.2 Å². The first-order valence-electron chi connectivity index (χ1n) is 5.32. The Kier molecular flexibility index (Phi) is 5.57. The zero-order chi connectivity index (χ0) is 12.5. The van der Waals surface area contributed by atoms with Crippen molar-refractivity contribution in [3.8, 4) is 5.75 Å². The molecule has 0 spiro atoms. The van der Waals surface area contributed by atoms with Crippen molar-refractivity contribution in [3.05, 3.63) is 29.8 Å². The molecular formula is C12H15NO4. The molecule has 1 rings (SSSR count). The summed E-state index contributed by atoms with van der Waals surface area (Å²) in [6, 6.07) is 7.38. The number of carboxylic acids is 1. The molecule has 0 saturated carbocycles. The van der Waals surface area contributed by atoms with E-state index in [9.17, 15) is 4.79 Å². The van der Waals surface area contributed by atoms with E-state index >= 15 is 0 Å². The lowest BCUT2D eigenvalue weighted by molar-refractivity contribution is -0.138. The molecule has 0 atom stereocenters. The summed E-state index contributed by atoms with van der Waals surface area (Å²) in [5.74, 6) is -0.138. The number of hydrogen-bond donors (Lipinski definition) is 1. The van der Waals surface area contributed by atoms with E-state index in [1.807, 2.05) is 31.2 Å². The van der Waals surface area contributed by atoms with Crippen molar-refractivity contribution in [2.45, 2.75) is 13.3 Å². The number of oxime groups is 1. The molecule has 1 aromatic rings. The summed E-state index contributed by atoms with van der Waals surface area (Å²) in [6.07, 6.45) is 1.46. The van der Waals surface area contributed by atoms with Gasteiger partial charge in [0.2, 0.25) is 0 Å². The second-order valence-corrected chi connectivity index (χ2v) is 3.22. The van der Waals surface area contributed by atoms with E-state index < -0.39 is 5.97 Å². The summed E-state index contributed by atoms with van der Waals surface area (Å²) < 4.78 is 5.33. The first-order valence-corrected chi connectivity index (χ1v) is 5.32. The van der Waals surface area contributed by atoms with Gasteiger partial charge in [-0.25, -0.2) is 0 Å². The van der Waals surface area contributed by atoms with Gasteiger partial charge in [0.15, 0.2) is 0 Å². The second kappa shape index (κ2) is 7.27. The van der Waals surface area contributed by atoms with Crippen LogP contribution in [0.15, 0.2) is 29.4 Å². The molecule has 0 aliphatic rings. The minimum atomic E-state index is -0.904. The third-order valence-corrected chi connectivity index (χ3v) is 1.85. The molecule has 1 aromatic carbocycles. The largest absolute Gasteiger partial charge is 0.494 e. The SMILES string of the molecule is CCOc1cccc(/C=N/OCCC(=O)O)c1. The Morgan fingerprint density at radius 1 is 1.53 bits per heavy atom. The van der Waals surface area contributed by atoms with Crippen molar-refractivity contribution in [1.29, 1.82) is 0 Å². The van der Waals surface area contributed by atoms with Crippen LogP contribution >= 0.6 is 0 Å². The lowest BCUT2D eigenvalue weighted by Crippen LogP contribution is -1.99. The molecule has 0 amide bonds. The zero-order valence-electron chi connectivity index (χ0n) is 9.63. The average molecular weight is 237 g/mol. The predicted molar refractivity (Wildman–Crippen MR) is 63.4 cm³/mol. The molecule has 1 N–H and O–H groups in total. The highest BCUT2D eigenvalue weighted by atomic mass is 16.6. The molecule has 17 heavy (non-hydrogen) atoms. The molecular weight excluding hydrogens is 222 g/mol. The number of nitrogens with zero attached hydrogens (tertiary/aromatic N) is 1. The fraction of sp³-hybridized carbons (Fsp3) is 0.333. The number of ether oxygens (including phenoxy) is 1. The number of hydrogen-bond acceptors (Lipinski definition) is 4. The highest BCUT2D eigenvalue weighted by Crippen LogP contribution is 2.11. The Labute approximate surface area is 99.7 Å². The van der Waals surface area contributed by atoms with Gasteiger partial charge in [0.05, 0.1) is 19.2 Å². The van der Waals surface area contributed by atoms with E-state index in [-0.39, 0.29) is 13.0 Å². The van der Waals surface area contributed by atoms with Crippen LogP contribution in [-0.2, 0) is 9.63 Å². The molecule has 0 aromatic heterocycles. The molecule has 0 aliphatic heterocycles. The standard InChI is InChI=1S/C12H15NO4/c1-2-16-11-5-3-4-10(8-11)9-13-17-7-6-12(14)15/h3-5,8-9H,2,6-7H2,1H3,(H,14,15)/b13-9+.